The SMILES string of the molecule is NCCCC[C@H](NC(=O)[C@@H](Cc1cc(Br)c(O)c(Br)c1)NC(=O)CCCc1ccc(Br)cc1)C(=O)N1CCN(c2ccncc2)CC1. The molecular formula is C34H41Br3N6O4. The molecule has 0 aliphatic carbocycles. The molecule has 252 valence electrons. The number of rotatable bonds is 15. The lowest BCUT2D eigenvalue weighted by Gasteiger charge is -2.37. The minimum absolute atomic E-state index is 0.0429. The van der Waals surface area contributed by atoms with Gasteiger partial charge in [0, 0.05) is 61.6 Å². The third-order valence-corrected chi connectivity index (χ3v) is 9.87. The maximum atomic E-state index is 13.9. The van der Waals surface area contributed by atoms with Crippen LogP contribution in [0.1, 0.15) is 43.2 Å². The van der Waals surface area contributed by atoms with E-state index in [1.165, 1.54) is 0 Å². The molecule has 4 rings (SSSR count). The van der Waals surface area contributed by atoms with Gasteiger partial charge in [0.2, 0.25) is 17.7 Å². The van der Waals surface area contributed by atoms with Crippen molar-refractivity contribution in [2.75, 3.05) is 37.6 Å². The van der Waals surface area contributed by atoms with Crippen molar-refractivity contribution in [3.63, 3.8) is 0 Å². The van der Waals surface area contributed by atoms with Gasteiger partial charge < -0.3 is 31.3 Å². The van der Waals surface area contributed by atoms with Gasteiger partial charge in [0.15, 0.2) is 0 Å². The Hall–Kier alpha value is -3.00. The zero-order valence-corrected chi connectivity index (χ0v) is 30.9. The Morgan fingerprint density at radius 2 is 1.51 bits per heavy atom. The first-order valence-electron chi connectivity index (χ1n) is 15.8. The Morgan fingerprint density at radius 1 is 0.851 bits per heavy atom. The number of carbonyl (C=O) groups is 3. The van der Waals surface area contributed by atoms with Gasteiger partial charge in [0.05, 0.1) is 8.95 Å². The summed E-state index contributed by atoms with van der Waals surface area (Å²) in [6.07, 6.45) is 7.09. The predicted molar refractivity (Wildman–Crippen MR) is 194 cm³/mol. The van der Waals surface area contributed by atoms with Crippen LogP contribution in [0.4, 0.5) is 5.69 Å². The van der Waals surface area contributed by atoms with E-state index in [0.29, 0.717) is 60.9 Å². The van der Waals surface area contributed by atoms with E-state index in [1.54, 1.807) is 29.4 Å². The fraction of sp³-hybridized carbons (Fsp3) is 0.412. The molecule has 13 heteroatoms. The molecule has 3 amide bonds. The van der Waals surface area contributed by atoms with Crippen LogP contribution in [0.5, 0.6) is 5.75 Å². The van der Waals surface area contributed by atoms with Gasteiger partial charge in [-0.2, -0.15) is 0 Å². The number of halogens is 3. The molecule has 5 N–H and O–H groups in total. The monoisotopic (exact) mass is 834 g/mol. The summed E-state index contributed by atoms with van der Waals surface area (Å²) in [5.74, 6) is -0.786. The van der Waals surface area contributed by atoms with Gasteiger partial charge in [0.25, 0.3) is 0 Å². The summed E-state index contributed by atoms with van der Waals surface area (Å²) in [4.78, 5) is 49.0. The van der Waals surface area contributed by atoms with E-state index in [0.717, 1.165) is 34.1 Å². The Bertz CT molecular complexity index is 1460. The fourth-order valence-electron chi connectivity index (χ4n) is 5.53. The molecule has 3 aromatic rings. The number of benzene rings is 2. The summed E-state index contributed by atoms with van der Waals surface area (Å²) in [5.41, 5.74) is 8.64. The Balaban J connectivity index is 1.45. The largest absolute Gasteiger partial charge is 0.506 e. The van der Waals surface area contributed by atoms with Crippen LogP contribution in [0, 0.1) is 0 Å². The van der Waals surface area contributed by atoms with Crippen molar-refractivity contribution in [2.24, 2.45) is 5.73 Å². The second-order valence-electron chi connectivity index (χ2n) is 11.6. The van der Waals surface area contributed by atoms with Crippen molar-refractivity contribution >= 4 is 71.2 Å². The summed E-state index contributed by atoms with van der Waals surface area (Å²) in [6.45, 7) is 2.88. The molecule has 2 aromatic carbocycles. The number of anilines is 1. The topological polar surface area (TPSA) is 141 Å². The molecule has 1 saturated heterocycles. The van der Waals surface area contributed by atoms with Gasteiger partial charge >= 0.3 is 0 Å². The molecule has 1 aromatic heterocycles. The van der Waals surface area contributed by atoms with Crippen LogP contribution in [0.25, 0.3) is 0 Å². The van der Waals surface area contributed by atoms with Crippen molar-refractivity contribution in [1.82, 2.24) is 20.5 Å². The lowest BCUT2D eigenvalue weighted by molar-refractivity contribution is -0.137. The molecule has 1 aliphatic heterocycles. The van der Waals surface area contributed by atoms with Gasteiger partial charge in [-0.05, 0) is 118 Å². The molecule has 0 unspecified atom stereocenters. The second kappa shape index (κ2) is 18.5. The van der Waals surface area contributed by atoms with Crippen molar-refractivity contribution in [3.05, 3.63) is 85.5 Å². The molecule has 1 aliphatic rings. The summed E-state index contributed by atoms with van der Waals surface area (Å²) in [5, 5.41) is 16.1. The second-order valence-corrected chi connectivity index (χ2v) is 14.2. The van der Waals surface area contributed by atoms with Gasteiger partial charge in [-0.3, -0.25) is 19.4 Å². The van der Waals surface area contributed by atoms with E-state index in [2.05, 4.69) is 68.3 Å². The summed E-state index contributed by atoms with van der Waals surface area (Å²) in [6, 6.07) is 13.6. The number of pyridine rings is 1. The Morgan fingerprint density at radius 3 is 2.15 bits per heavy atom. The molecule has 10 nitrogen and oxygen atoms in total. The molecule has 0 spiro atoms. The summed E-state index contributed by atoms with van der Waals surface area (Å²) in [7, 11) is 0. The van der Waals surface area contributed by atoms with E-state index in [-0.39, 0.29) is 30.4 Å². The standard InChI is InChI=1S/C34H41Br3N6O4/c35-25-9-7-23(8-10-25)4-3-6-31(44)40-30(22-24-20-27(36)32(45)28(37)21-24)33(46)41-29(5-1-2-13-38)34(47)43-18-16-42(17-19-43)26-11-14-39-15-12-26/h7-12,14-15,20-21,29-30,45H,1-6,13,16-19,22,38H2,(H,40,44)(H,41,46)/t29-,30+/m0/s1. The number of carbonyl (C=O) groups excluding carboxylic acids is 3. The van der Waals surface area contributed by atoms with Gasteiger partial charge in [0.1, 0.15) is 17.8 Å². The van der Waals surface area contributed by atoms with Crippen LogP contribution in [-0.2, 0) is 27.2 Å². The van der Waals surface area contributed by atoms with E-state index in [1.807, 2.05) is 36.4 Å². The van der Waals surface area contributed by atoms with E-state index in [9.17, 15) is 19.5 Å². The fourth-order valence-corrected chi connectivity index (χ4v) is 7.08. The molecule has 47 heavy (non-hydrogen) atoms. The van der Waals surface area contributed by atoms with E-state index < -0.39 is 18.0 Å². The molecule has 0 bridgehead atoms. The normalized spacial score (nSPS) is 14.4. The highest BCUT2D eigenvalue weighted by Crippen LogP contribution is 2.33. The first-order valence-corrected chi connectivity index (χ1v) is 18.2. The molecule has 1 fully saturated rings. The van der Waals surface area contributed by atoms with Crippen molar-refractivity contribution in [3.8, 4) is 5.75 Å². The third kappa shape index (κ3) is 11.3. The number of nitrogens with zero attached hydrogens (tertiary/aromatic N) is 3. The quantitative estimate of drug-likeness (QED) is 0.157. The maximum absolute atomic E-state index is 13.9. The zero-order valence-electron chi connectivity index (χ0n) is 26.1. The first-order chi connectivity index (χ1) is 22.6. The number of aromatic nitrogens is 1. The van der Waals surface area contributed by atoms with Crippen LogP contribution in [0.3, 0.4) is 0 Å². The van der Waals surface area contributed by atoms with Gasteiger partial charge in [-0.15, -0.1) is 0 Å². The number of phenols is 1. The Kier molecular flexibility index (Phi) is 14.5. The number of amides is 3. The first kappa shape index (κ1) is 36.8. The molecular weight excluding hydrogens is 796 g/mol. The van der Waals surface area contributed by atoms with Crippen LogP contribution in [-0.4, -0.2) is 77.5 Å². The van der Waals surface area contributed by atoms with E-state index in [4.69, 9.17) is 5.73 Å². The molecule has 0 radical (unpaired) electrons. The van der Waals surface area contributed by atoms with Gasteiger partial charge in [-0.1, -0.05) is 28.1 Å². The number of unbranched alkanes of at least 4 members (excludes halogenated alkanes) is 1. The highest BCUT2D eigenvalue weighted by molar-refractivity contribution is 9.11. The molecule has 2 atom stereocenters. The third-order valence-electron chi connectivity index (χ3n) is 8.13. The smallest absolute Gasteiger partial charge is 0.245 e. The number of phenolic OH excluding ortho intramolecular Hbond substituents is 1. The lowest BCUT2D eigenvalue weighted by atomic mass is 10.0. The number of hydrogen-bond acceptors (Lipinski definition) is 7. The summed E-state index contributed by atoms with van der Waals surface area (Å²) < 4.78 is 1.91. The predicted octanol–water partition coefficient (Wildman–Crippen LogP) is 5.09. The number of piperazine rings is 1. The number of hydrogen-bond donors (Lipinski definition) is 4. The van der Waals surface area contributed by atoms with Crippen LogP contribution in [0.2, 0.25) is 0 Å². The highest BCUT2D eigenvalue weighted by Gasteiger charge is 2.31. The molecule has 2 heterocycles. The number of nitrogens with one attached hydrogen (secondary N) is 2. The zero-order chi connectivity index (χ0) is 33.8. The van der Waals surface area contributed by atoms with Gasteiger partial charge in [-0.25, -0.2) is 0 Å². The Labute approximate surface area is 301 Å². The average molecular weight is 837 g/mol. The van der Waals surface area contributed by atoms with Crippen LogP contribution in [0.15, 0.2) is 74.3 Å². The number of aromatic hydroxyl groups is 1. The van der Waals surface area contributed by atoms with Crippen LogP contribution < -0.4 is 21.3 Å². The van der Waals surface area contributed by atoms with Crippen LogP contribution >= 0.6 is 47.8 Å². The highest BCUT2D eigenvalue weighted by atomic mass is 79.9. The number of aryl methyl sites for hydroxylation is 1. The summed E-state index contributed by atoms with van der Waals surface area (Å²) >= 11 is 10.2. The maximum Gasteiger partial charge on any atom is 0.245 e. The van der Waals surface area contributed by atoms with Crippen molar-refractivity contribution < 1.29 is 19.5 Å². The lowest BCUT2D eigenvalue weighted by Crippen LogP contribution is -2.57. The van der Waals surface area contributed by atoms with E-state index >= 15 is 0 Å². The van der Waals surface area contributed by atoms with Crippen molar-refractivity contribution in [2.45, 2.75) is 57.0 Å². The molecule has 0 saturated carbocycles. The average Bonchev–Trinajstić information content (AvgIpc) is 3.07. The van der Waals surface area contributed by atoms with Crippen molar-refractivity contribution in [1.29, 1.82) is 0 Å². The minimum atomic E-state index is -0.938. The minimum Gasteiger partial charge on any atom is -0.506 e. The number of nitrogens with two attached hydrogens (primary N) is 1.